The van der Waals surface area contributed by atoms with Crippen LogP contribution in [0, 0.1) is 13.8 Å². The highest BCUT2D eigenvalue weighted by molar-refractivity contribution is 5.73. The van der Waals surface area contributed by atoms with E-state index in [4.69, 9.17) is 4.74 Å². The smallest absolute Gasteiger partial charge is 0.217 e. The zero-order chi connectivity index (χ0) is 16.8. The van der Waals surface area contributed by atoms with E-state index in [1.165, 1.54) is 23.6 Å². The number of ether oxygens (including phenoxy) is 1. The Hall–Kier alpha value is -2.29. The van der Waals surface area contributed by atoms with E-state index in [0.717, 1.165) is 17.7 Å². The molecule has 2 aromatic carbocycles. The number of carbonyl (C=O) groups excluding carboxylic acids is 1. The van der Waals surface area contributed by atoms with Gasteiger partial charge in [0.1, 0.15) is 5.75 Å². The van der Waals surface area contributed by atoms with Crippen LogP contribution in [0.15, 0.2) is 42.5 Å². The summed E-state index contributed by atoms with van der Waals surface area (Å²) in [4.78, 5) is 11.1. The van der Waals surface area contributed by atoms with Crippen LogP contribution in [0.25, 0.3) is 0 Å². The molecule has 0 aliphatic heterocycles. The number of hydrogen-bond acceptors (Lipinski definition) is 2. The molecule has 0 heterocycles. The lowest BCUT2D eigenvalue weighted by Crippen LogP contribution is -2.23. The summed E-state index contributed by atoms with van der Waals surface area (Å²) in [7, 11) is 0. The minimum atomic E-state index is -0.0108. The third-order valence-electron chi connectivity index (χ3n) is 4.04. The van der Waals surface area contributed by atoms with Gasteiger partial charge in [0.15, 0.2) is 0 Å². The Morgan fingerprint density at radius 3 is 2.39 bits per heavy atom. The van der Waals surface area contributed by atoms with Crippen molar-refractivity contribution in [2.45, 2.75) is 40.2 Å². The average Bonchev–Trinajstić information content (AvgIpc) is 2.51. The van der Waals surface area contributed by atoms with Crippen LogP contribution < -0.4 is 10.1 Å². The van der Waals surface area contributed by atoms with Crippen molar-refractivity contribution in [3.8, 4) is 5.75 Å². The quantitative estimate of drug-likeness (QED) is 0.871. The molecule has 3 nitrogen and oxygen atoms in total. The van der Waals surface area contributed by atoms with Crippen molar-refractivity contribution in [1.29, 1.82) is 0 Å². The number of amides is 1. The van der Waals surface area contributed by atoms with Gasteiger partial charge in [-0.1, -0.05) is 30.3 Å². The monoisotopic (exact) mass is 311 g/mol. The van der Waals surface area contributed by atoms with Crippen LogP contribution in [0.5, 0.6) is 5.75 Å². The fourth-order valence-corrected chi connectivity index (χ4v) is 2.45. The fourth-order valence-electron chi connectivity index (χ4n) is 2.45. The predicted molar refractivity (Wildman–Crippen MR) is 93.8 cm³/mol. The van der Waals surface area contributed by atoms with Crippen molar-refractivity contribution in [3.05, 3.63) is 64.7 Å². The van der Waals surface area contributed by atoms with Crippen molar-refractivity contribution < 1.29 is 9.53 Å². The van der Waals surface area contributed by atoms with E-state index < -0.39 is 0 Å². The molecule has 1 N–H and O–H groups in total. The molecule has 0 bridgehead atoms. The Kier molecular flexibility index (Phi) is 5.80. The number of carbonyl (C=O) groups is 1. The number of rotatable bonds is 6. The van der Waals surface area contributed by atoms with Crippen molar-refractivity contribution in [3.63, 3.8) is 0 Å². The molecule has 1 atom stereocenters. The zero-order valence-corrected chi connectivity index (χ0v) is 14.3. The lowest BCUT2D eigenvalue weighted by Gasteiger charge is -2.13. The zero-order valence-electron chi connectivity index (χ0n) is 14.3. The van der Waals surface area contributed by atoms with Gasteiger partial charge in [-0.3, -0.25) is 4.79 Å². The van der Waals surface area contributed by atoms with Crippen LogP contribution in [0.2, 0.25) is 0 Å². The highest BCUT2D eigenvalue weighted by atomic mass is 16.5. The summed E-state index contributed by atoms with van der Waals surface area (Å²) in [5, 5.41) is 2.89. The molecule has 0 fully saturated rings. The first-order chi connectivity index (χ1) is 11.0. The summed E-state index contributed by atoms with van der Waals surface area (Å²) < 4.78 is 5.82. The molecule has 0 unspecified atom stereocenters. The molecule has 2 rings (SSSR count). The van der Waals surface area contributed by atoms with E-state index in [-0.39, 0.29) is 11.9 Å². The second-order valence-corrected chi connectivity index (χ2v) is 6.01. The van der Waals surface area contributed by atoms with Crippen LogP contribution in [0.4, 0.5) is 0 Å². The Balaban J connectivity index is 1.86. The van der Waals surface area contributed by atoms with E-state index in [2.05, 4.69) is 55.6 Å². The lowest BCUT2D eigenvalue weighted by molar-refractivity contribution is -0.119. The number of benzene rings is 2. The lowest BCUT2D eigenvalue weighted by atomic mass is 10.0. The van der Waals surface area contributed by atoms with Crippen molar-refractivity contribution in [2.24, 2.45) is 0 Å². The van der Waals surface area contributed by atoms with E-state index in [9.17, 15) is 4.79 Å². The summed E-state index contributed by atoms with van der Waals surface area (Å²) in [6.07, 6.45) is 0.863. The highest BCUT2D eigenvalue weighted by Gasteiger charge is 2.06. The molecule has 1 amide bonds. The van der Waals surface area contributed by atoms with E-state index in [0.29, 0.717) is 6.61 Å². The number of nitrogens with one attached hydrogen (secondary N) is 1. The Bertz CT molecular complexity index is 662. The molecule has 0 aromatic heterocycles. The molecule has 0 radical (unpaired) electrons. The van der Waals surface area contributed by atoms with E-state index in [1.807, 2.05) is 13.0 Å². The minimum absolute atomic E-state index is 0.0108. The van der Waals surface area contributed by atoms with Gasteiger partial charge in [0.2, 0.25) is 5.91 Å². The van der Waals surface area contributed by atoms with Gasteiger partial charge >= 0.3 is 0 Å². The second-order valence-electron chi connectivity index (χ2n) is 6.01. The van der Waals surface area contributed by atoms with Gasteiger partial charge in [-0.2, -0.15) is 0 Å². The third kappa shape index (κ3) is 5.13. The molecule has 3 heteroatoms. The first-order valence-electron chi connectivity index (χ1n) is 8.01. The van der Waals surface area contributed by atoms with Gasteiger partial charge in [0, 0.05) is 13.3 Å². The number of aryl methyl sites for hydroxylation is 2. The first-order valence-corrected chi connectivity index (χ1v) is 8.01. The maximum absolute atomic E-state index is 11.1. The summed E-state index contributed by atoms with van der Waals surface area (Å²) in [6, 6.07) is 14.5. The Morgan fingerprint density at radius 1 is 1.09 bits per heavy atom. The van der Waals surface area contributed by atoms with Gasteiger partial charge in [-0.15, -0.1) is 0 Å². The third-order valence-corrected chi connectivity index (χ3v) is 4.04. The fraction of sp³-hybridized carbons (Fsp3) is 0.350. The largest absolute Gasteiger partial charge is 0.493 e. The second kappa shape index (κ2) is 7.82. The molecular weight excluding hydrogens is 286 g/mol. The topological polar surface area (TPSA) is 38.3 Å². The van der Waals surface area contributed by atoms with E-state index in [1.54, 1.807) is 0 Å². The van der Waals surface area contributed by atoms with Crippen molar-refractivity contribution in [1.82, 2.24) is 5.32 Å². The van der Waals surface area contributed by atoms with E-state index >= 15 is 0 Å². The Morgan fingerprint density at radius 2 is 1.78 bits per heavy atom. The molecule has 0 aliphatic carbocycles. The van der Waals surface area contributed by atoms with Crippen LogP contribution in [0.1, 0.15) is 42.1 Å². The molecular formula is C20H25NO2. The molecule has 0 saturated heterocycles. The molecule has 0 saturated carbocycles. The van der Waals surface area contributed by atoms with Gasteiger partial charge in [-0.05, 0) is 55.2 Å². The summed E-state index contributed by atoms with van der Waals surface area (Å²) in [6.45, 7) is 8.37. The normalized spacial score (nSPS) is 11.8. The van der Waals surface area contributed by atoms with Crippen LogP contribution in [-0.2, 0) is 11.2 Å². The molecule has 23 heavy (non-hydrogen) atoms. The predicted octanol–water partition coefficient (Wildman–Crippen LogP) is 4.12. The van der Waals surface area contributed by atoms with Crippen LogP contribution >= 0.6 is 0 Å². The highest BCUT2D eigenvalue weighted by Crippen LogP contribution is 2.17. The summed E-state index contributed by atoms with van der Waals surface area (Å²) in [5.41, 5.74) is 4.87. The van der Waals surface area contributed by atoms with Gasteiger partial charge < -0.3 is 10.1 Å². The summed E-state index contributed by atoms with van der Waals surface area (Å²) >= 11 is 0. The molecule has 0 spiro atoms. The molecule has 0 aliphatic rings. The molecule has 122 valence electrons. The maximum Gasteiger partial charge on any atom is 0.217 e. The van der Waals surface area contributed by atoms with Gasteiger partial charge in [-0.25, -0.2) is 0 Å². The standard InChI is InChI=1S/C20H25NO2/c1-14-5-10-20(13-15(14)2)23-12-11-18-6-8-19(9-7-18)16(3)21-17(4)22/h5-10,13,16H,11-12H2,1-4H3,(H,21,22)/t16-/m1/s1. The number of hydrogen-bond donors (Lipinski definition) is 1. The van der Waals surface area contributed by atoms with Crippen molar-refractivity contribution >= 4 is 5.91 Å². The van der Waals surface area contributed by atoms with Crippen LogP contribution in [0.3, 0.4) is 0 Å². The maximum atomic E-state index is 11.1. The van der Waals surface area contributed by atoms with Crippen molar-refractivity contribution in [2.75, 3.05) is 6.61 Å². The average molecular weight is 311 g/mol. The van der Waals surface area contributed by atoms with Gasteiger partial charge in [0.25, 0.3) is 0 Å². The first kappa shape index (κ1) is 17.1. The molecule has 2 aromatic rings. The minimum Gasteiger partial charge on any atom is -0.493 e. The SMILES string of the molecule is CC(=O)N[C@H](C)c1ccc(CCOc2ccc(C)c(C)c2)cc1. The van der Waals surface area contributed by atoms with Crippen LogP contribution in [-0.4, -0.2) is 12.5 Å². The Labute approximate surface area is 138 Å². The van der Waals surface area contributed by atoms with Gasteiger partial charge in [0.05, 0.1) is 12.6 Å². The summed E-state index contributed by atoms with van der Waals surface area (Å²) in [5.74, 6) is 0.910.